The molecule has 234 valence electrons. The molecule has 2 fully saturated rings. The molecule has 2 aliphatic heterocycles. The van der Waals surface area contributed by atoms with Crippen LogP contribution in [0.3, 0.4) is 0 Å². The van der Waals surface area contributed by atoms with Crippen molar-refractivity contribution < 1.29 is 74.4 Å². The number of hydrogen-bond donors (Lipinski definition) is 10. The van der Waals surface area contributed by atoms with E-state index >= 15 is 0 Å². The van der Waals surface area contributed by atoms with Crippen molar-refractivity contribution in [2.45, 2.75) is 68.3 Å². The predicted octanol–water partition coefficient (Wildman–Crippen LogP) is -1.69. The maximum atomic E-state index is 12.8. The minimum absolute atomic E-state index is 0.00656. The van der Waals surface area contributed by atoms with Crippen molar-refractivity contribution in [3.8, 4) is 40.1 Å². The van der Waals surface area contributed by atoms with Crippen LogP contribution in [0.5, 0.6) is 28.7 Å². The first-order valence-electron chi connectivity index (χ1n) is 13.0. The van der Waals surface area contributed by atoms with E-state index in [2.05, 4.69) is 0 Å². The fraction of sp³-hybridized carbons (Fsp3) is 0.444. The van der Waals surface area contributed by atoms with Gasteiger partial charge in [0.1, 0.15) is 65.2 Å². The summed E-state index contributed by atoms with van der Waals surface area (Å²) in [6.45, 7) is 0.897. The minimum atomic E-state index is -1.83. The molecule has 0 radical (unpaired) electrons. The molecule has 0 unspecified atom stereocenters. The number of rotatable bonds is 6. The lowest BCUT2D eigenvalue weighted by atomic mass is 9.98. The molecule has 2 aromatic carbocycles. The van der Waals surface area contributed by atoms with Gasteiger partial charge in [-0.3, -0.25) is 4.79 Å². The lowest BCUT2D eigenvalue weighted by Gasteiger charge is -2.42. The molecule has 16 nitrogen and oxygen atoms in total. The molecule has 2 saturated heterocycles. The van der Waals surface area contributed by atoms with Gasteiger partial charge in [0, 0.05) is 17.7 Å². The first kappa shape index (κ1) is 30.7. The van der Waals surface area contributed by atoms with Gasteiger partial charge in [-0.25, -0.2) is 0 Å². The first-order valence-corrected chi connectivity index (χ1v) is 13.0. The van der Waals surface area contributed by atoms with Crippen LogP contribution >= 0.6 is 0 Å². The van der Waals surface area contributed by atoms with Crippen molar-refractivity contribution in [3.05, 3.63) is 40.6 Å². The summed E-state index contributed by atoms with van der Waals surface area (Å²) in [5.41, 5.74) is -1.33. The SMILES string of the molecule is C[C@@H]1O[C@@H](OC[C@H]2O[C@@H](Oc3cc(O)c4c(=O)c(O)c(-c5ccc(O)c(O)c5)oc4c3)[C@@H](O)[C@@H](O)[C@@H]2O)[C@H](O)[C@@H](O)[C@H]1O. The van der Waals surface area contributed by atoms with Crippen molar-refractivity contribution in [2.24, 2.45) is 0 Å². The Labute approximate surface area is 241 Å². The lowest BCUT2D eigenvalue weighted by Crippen LogP contribution is -2.61. The van der Waals surface area contributed by atoms with Crippen LogP contribution in [-0.2, 0) is 14.2 Å². The summed E-state index contributed by atoms with van der Waals surface area (Å²) < 4.78 is 27.6. The zero-order valence-corrected chi connectivity index (χ0v) is 22.3. The third-order valence-electron chi connectivity index (χ3n) is 7.32. The Balaban J connectivity index is 1.39. The Morgan fingerprint density at radius 1 is 0.744 bits per heavy atom. The third-order valence-corrected chi connectivity index (χ3v) is 7.32. The van der Waals surface area contributed by atoms with E-state index < -0.39 is 108 Å². The largest absolute Gasteiger partial charge is 0.507 e. The van der Waals surface area contributed by atoms with Crippen LogP contribution in [0.2, 0.25) is 0 Å². The highest BCUT2D eigenvalue weighted by atomic mass is 16.7. The number of ether oxygens (including phenoxy) is 4. The Bertz CT molecular complexity index is 1540. The van der Waals surface area contributed by atoms with Gasteiger partial charge in [-0.15, -0.1) is 0 Å². The molecule has 10 atom stereocenters. The summed E-state index contributed by atoms with van der Waals surface area (Å²) in [5.74, 6) is -3.27. The molecule has 3 aromatic rings. The van der Waals surface area contributed by atoms with E-state index in [1.165, 1.54) is 13.0 Å². The highest BCUT2D eigenvalue weighted by Crippen LogP contribution is 2.38. The summed E-state index contributed by atoms with van der Waals surface area (Å²) in [6, 6.07) is 5.44. The second-order valence-corrected chi connectivity index (χ2v) is 10.3. The van der Waals surface area contributed by atoms with Gasteiger partial charge in [-0.2, -0.15) is 0 Å². The van der Waals surface area contributed by atoms with Crippen LogP contribution in [-0.4, -0.2) is 119 Å². The molecular weight excluding hydrogens is 580 g/mol. The number of aliphatic hydroxyl groups excluding tert-OH is 6. The highest BCUT2D eigenvalue weighted by molar-refractivity contribution is 5.88. The summed E-state index contributed by atoms with van der Waals surface area (Å²) >= 11 is 0. The Morgan fingerprint density at radius 3 is 2.12 bits per heavy atom. The standard InChI is InChI=1S/C27H30O16/c1-8-17(31)20(34)23(37)26(40-8)39-7-15-18(32)21(35)24(38)27(43-15)41-10-5-13(30)16-14(6-10)42-25(22(36)19(16)33)9-2-3-11(28)12(29)4-9/h2-6,8,15,17-18,20-21,23-24,26-32,34-38H,7H2,1H3/t8-,15+,17-,18+,20-,21-,23+,24-,26+,27+/m0/s1. The molecule has 0 aliphatic carbocycles. The van der Waals surface area contributed by atoms with E-state index in [1.807, 2.05) is 0 Å². The van der Waals surface area contributed by atoms with Crippen molar-refractivity contribution in [1.82, 2.24) is 0 Å². The highest BCUT2D eigenvalue weighted by Gasteiger charge is 2.47. The smallest absolute Gasteiger partial charge is 0.238 e. The second kappa shape index (κ2) is 11.8. The Morgan fingerprint density at radius 2 is 1.42 bits per heavy atom. The number of phenolic OH excluding ortho intramolecular Hbond substituents is 3. The van der Waals surface area contributed by atoms with Gasteiger partial charge < -0.3 is 74.4 Å². The van der Waals surface area contributed by atoms with Gasteiger partial charge in [0.25, 0.3) is 0 Å². The maximum absolute atomic E-state index is 12.8. The Kier molecular flexibility index (Phi) is 8.41. The summed E-state index contributed by atoms with van der Waals surface area (Å²) in [5, 5.41) is 101. The van der Waals surface area contributed by atoms with Crippen LogP contribution in [0.15, 0.2) is 39.5 Å². The normalized spacial score (nSPS) is 33.0. The van der Waals surface area contributed by atoms with Gasteiger partial charge in [-0.05, 0) is 25.1 Å². The monoisotopic (exact) mass is 610 g/mol. The summed E-state index contributed by atoms with van der Waals surface area (Å²) in [7, 11) is 0. The van der Waals surface area contributed by atoms with E-state index in [-0.39, 0.29) is 16.9 Å². The second-order valence-electron chi connectivity index (χ2n) is 10.3. The zero-order valence-electron chi connectivity index (χ0n) is 22.3. The van der Waals surface area contributed by atoms with Crippen LogP contribution < -0.4 is 10.2 Å². The van der Waals surface area contributed by atoms with Gasteiger partial charge >= 0.3 is 0 Å². The fourth-order valence-electron chi connectivity index (χ4n) is 4.82. The average molecular weight is 611 g/mol. The molecule has 16 heteroatoms. The number of aromatic hydroxyl groups is 4. The summed E-state index contributed by atoms with van der Waals surface area (Å²) in [4.78, 5) is 12.8. The van der Waals surface area contributed by atoms with Crippen LogP contribution in [0.4, 0.5) is 0 Å². The van der Waals surface area contributed by atoms with Crippen LogP contribution in [0.1, 0.15) is 6.92 Å². The van der Waals surface area contributed by atoms with E-state index in [0.717, 1.165) is 24.3 Å². The average Bonchev–Trinajstić information content (AvgIpc) is 2.97. The molecule has 0 saturated carbocycles. The summed E-state index contributed by atoms with van der Waals surface area (Å²) in [6.07, 6.45) is -15.4. The quantitative estimate of drug-likeness (QED) is 0.140. The number of fused-ring (bicyclic) bond motifs is 1. The van der Waals surface area contributed by atoms with E-state index in [4.69, 9.17) is 23.4 Å². The topological polar surface area (TPSA) is 269 Å². The minimum Gasteiger partial charge on any atom is -0.507 e. The molecule has 0 amide bonds. The van der Waals surface area contributed by atoms with Crippen molar-refractivity contribution in [1.29, 1.82) is 0 Å². The molecule has 5 rings (SSSR count). The number of hydrogen-bond acceptors (Lipinski definition) is 16. The zero-order chi connectivity index (χ0) is 31.3. The fourth-order valence-corrected chi connectivity index (χ4v) is 4.82. The lowest BCUT2D eigenvalue weighted by molar-refractivity contribution is -0.318. The maximum Gasteiger partial charge on any atom is 0.238 e. The molecule has 10 N–H and O–H groups in total. The molecule has 2 aliphatic rings. The molecule has 3 heterocycles. The van der Waals surface area contributed by atoms with Crippen LogP contribution in [0.25, 0.3) is 22.3 Å². The van der Waals surface area contributed by atoms with Crippen molar-refractivity contribution >= 4 is 11.0 Å². The molecule has 0 bridgehead atoms. The van der Waals surface area contributed by atoms with Crippen LogP contribution in [0, 0.1) is 0 Å². The van der Waals surface area contributed by atoms with Crippen molar-refractivity contribution in [3.63, 3.8) is 0 Å². The third kappa shape index (κ3) is 5.67. The van der Waals surface area contributed by atoms with E-state index in [9.17, 15) is 55.9 Å². The van der Waals surface area contributed by atoms with Gasteiger partial charge in [0.2, 0.25) is 17.5 Å². The van der Waals surface area contributed by atoms with E-state index in [1.54, 1.807) is 0 Å². The van der Waals surface area contributed by atoms with Gasteiger partial charge in [0.05, 0.1) is 12.7 Å². The predicted molar refractivity (Wildman–Crippen MR) is 140 cm³/mol. The van der Waals surface area contributed by atoms with Gasteiger partial charge in [0.15, 0.2) is 23.5 Å². The first-order chi connectivity index (χ1) is 20.3. The van der Waals surface area contributed by atoms with Crippen molar-refractivity contribution in [2.75, 3.05) is 6.61 Å². The van der Waals surface area contributed by atoms with Gasteiger partial charge in [-0.1, -0.05) is 0 Å². The number of aliphatic hydroxyl groups is 6. The number of phenols is 3. The molecule has 1 aromatic heterocycles. The molecule has 43 heavy (non-hydrogen) atoms. The van der Waals surface area contributed by atoms with E-state index in [0.29, 0.717) is 0 Å². The molecule has 0 spiro atoms. The Hall–Kier alpha value is -3.71. The molecular formula is C27H30O16. The number of benzene rings is 2.